The van der Waals surface area contributed by atoms with Crippen LogP contribution in [0, 0.1) is 0 Å². The van der Waals surface area contributed by atoms with Gasteiger partial charge >= 0.3 is 5.97 Å². The first-order valence-corrected chi connectivity index (χ1v) is 6.71. The average molecular weight is 281 g/mol. The van der Waals surface area contributed by atoms with Crippen LogP contribution >= 0.6 is 0 Å². The van der Waals surface area contributed by atoms with Crippen LogP contribution in [-0.4, -0.2) is 22.2 Å². The molecular weight excluding hydrogens is 266 g/mol. The largest absolute Gasteiger partial charge is 0.479 e. The number of carbonyl (C=O) groups is 1. The molecule has 1 heterocycles. The highest BCUT2D eigenvalue weighted by Gasteiger charge is 2.12. The Morgan fingerprint density at radius 1 is 1.14 bits per heavy atom. The van der Waals surface area contributed by atoms with Crippen LogP contribution in [0.4, 0.5) is 0 Å². The zero-order chi connectivity index (χ0) is 14.8. The van der Waals surface area contributed by atoms with Gasteiger partial charge in [-0.3, -0.25) is 0 Å². The Balaban J connectivity index is 1.89. The number of ether oxygens (including phenoxy) is 1. The molecule has 0 aliphatic rings. The number of rotatable bonds is 4. The van der Waals surface area contributed by atoms with Gasteiger partial charge < -0.3 is 14.8 Å². The van der Waals surface area contributed by atoms with E-state index in [1.165, 1.54) is 6.92 Å². The second kappa shape index (κ2) is 5.32. The lowest BCUT2D eigenvalue weighted by atomic mass is 10.0. The Morgan fingerprint density at radius 2 is 1.86 bits per heavy atom. The third kappa shape index (κ3) is 2.60. The third-order valence-corrected chi connectivity index (χ3v) is 3.42. The standard InChI is InChI=1S/C17H15NO3/c1-11(17(19)20)21-13-8-6-12(7-9-13)15-10-18-16-5-3-2-4-14(15)16/h2-11,18H,1H3,(H,19,20). The number of para-hydroxylation sites is 1. The molecule has 1 aromatic heterocycles. The zero-order valence-electron chi connectivity index (χ0n) is 11.5. The van der Waals surface area contributed by atoms with Crippen LogP contribution in [0.15, 0.2) is 54.7 Å². The lowest BCUT2D eigenvalue weighted by molar-refractivity contribution is -0.144. The summed E-state index contributed by atoms with van der Waals surface area (Å²) in [6.07, 6.45) is 1.12. The summed E-state index contributed by atoms with van der Waals surface area (Å²) in [6.45, 7) is 1.51. The van der Waals surface area contributed by atoms with Crippen LogP contribution in [-0.2, 0) is 4.79 Å². The van der Waals surface area contributed by atoms with Crippen molar-refractivity contribution in [2.75, 3.05) is 0 Å². The minimum atomic E-state index is -0.976. The van der Waals surface area contributed by atoms with Gasteiger partial charge in [-0.15, -0.1) is 0 Å². The number of nitrogens with one attached hydrogen (secondary N) is 1. The SMILES string of the molecule is CC(Oc1ccc(-c2c[nH]c3ccccc23)cc1)C(=O)O. The molecule has 0 aliphatic heterocycles. The predicted octanol–water partition coefficient (Wildman–Crippen LogP) is 3.69. The second-order valence-electron chi connectivity index (χ2n) is 4.87. The first kappa shape index (κ1) is 13.2. The van der Waals surface area contributed by atoms with Crippen LogP contribution in [0.2, 0.25) is 0 Å². The number of aliphatic carboxylic acids is 1. The minimum absolute atomic E-state index is 0.550. The molecule has 0 aliphatic carbocycles. The monoisotopic (exact) mass is 281 g/mol. The van der Waals surface area contributed by atoms with E-state index in [4.69, 9.17) is 9.84 Å². The summed E-state index contributed by atoms with van der Waals surface area (Å²) in [5.74, 6) is -0.427. The van der Waals surface area contributed by atoms with Crippen molar-refractivity contribution in [3.05, 3.63) is 54.7 Å². The highest BCUT2D eigenvalue weighted by Crippen LogP contribution is 2.29. The third-order valence-electron chi connectivity index (χ3n) is 3.42. The molecule has 1 unspecified atom stereocenters. The normalized spacial score (nSPS) is 12.2. The number of aromatic nitrogens is 1. The maximum Gasteiger partial charge on any atom is 0.344 e. The van der Waals surface area contributed by atoms with E-state index in [1.54, 1.807) is 12.1 Å². The fraction of sp³-hybridized carbons (Fsp3) is 0.118. The van der Waals surface area contributed by atoms with Gasteiger partial charge in [-0.1, -0.05) is 30.3 Å². The van der Waals surface area contributed by atoms with Gasteiger partial charge in [0, 0.05) is 22.7 Å². The molecule has 0 amide bonds. The van der Waals surface area contributed by atoms with E-state index >= 15 is 0 Å². The van der Waals surface area contributed by atoms with E-state index in [-0.39, 0.29) is 0 Å². The molecule has 1 atom stereocenters. The van der Waals surface area contributed by atoms with Crippen LogP contribution in [0.25, 0.3) is 22.0 Å². The first-order chi connectivity index (χ1) is 10.1. The molecule has 0 spiro atoms. The molecule has 4 heteroatoms. The van der Waals surface area contributed by atoms with E-state index in [1.807, 2.05) is 36.5 Å². The van der Waals surface area contributed by atoms with E-state index in [0.717, 1.165) is 22.0 Å². The summed E-state index contributed by atoms with van der Waals surface area (Å²) >= 11 is 0. The number of carboxylic acid groups (broad SMARTS) is 1. The molecule has 2 N–H and O–H groups in total. The summed E-state index contributed by atoms with van der Waals surface area (Å²) in [4.78, 5) is 14.0. The minimum Gasteiger partial charge on any atom is -0.479 e. The van der Waals surface area contributed by atoms with Gasteiger partial charge in [-0.2, -0.15) is 0 Å². The number of hydrogen-bond acceptors (Lipinski definition) is 2. The van der Waals surface area contributed by atoms with Gasteiger partial charge in [0.15, 0.2) is 6.10 Å². The van der Waals surface area contributed by atoms with Gasteiger partial charge in [-0.25, -0.2) is 4.79 Å². The summed E-state index contributed by atoms with van der Waals surface area (Å²) < 4.78 is 5.33. The van der Waals surface area contributed by atoms with Crippen molar-refractivity contribution in [3.63, 3.8) is 0 Å². The molecule has 0 radical (unpaired) electrons. The topological polar surface area (TPSA) is 62.3 Å². The second-order valence-corrected chi connectivity index (χ2v) is 4.87. The highest BCUT2D eigenvalue weighted by molar-refractivity contribution is 5.95. The molecule has 0 fully saturated rings. The maximum atomic E-state index is 10.8. The molecule has 3 rings (SSSR count). The van der Waals surface area contributed by atoms with Crippen molar-refractivity contribution in [1.29, 1.82) is 0 Å². The average Bonchev–Trinajstić information content (AvgIpc) is 2.92. The van der Waals surface area contributed by atoms with E-state index in [2.05, 4.69) is 11.1 Å². The molecule has 2 aromatic carbocycles. The first-order valence-electron chi connectivity index (χ1n) is 6.71. The predicted molar refractivity (Wildman–Crippen MR) is 81.5 cm³/mol. The van der Waals surface area contributed by atoms with Crippen molar-refractivity contribution in [2.24, 2.45) is 0 Å². The number of hydrogen-bond donors (Lipinski definition) is 2. The van der Waals surface area contributed by atoms with Gasteiger partial charge in [0.25, 0.3) is 0 Å². The zero-order valence-corrected chi connectivity index (χ0v) is 11.5. The van der Waals surface area contributed by atoms with Crippen LogP contribution in [0.3, 0.4) is 0 Å². The van der Waals surface area contributed by atoms with E-state index < -0.39 is 12.1 Å². The summed E-state index contributed by atoms with van der Waals surface area (Å²) in [7, 11) is 0. The molecule has 106 valence electrons. The quantitative estimate of drug-likeness (QED) is 0.766. The summed E-state index contributed by atoms with van der Waals surface area (Å²) in [6, 6.07) is 15.5. The van der Waals surface area contributed by atoms with Crippen LogP contribution < -0.4 is 4.74 Å². The Hall–Kier alpha value is -2.75. The number of fused-ring (bicyclic) bond motifs is 1. The fourth-order valence-corrected chi connectivity index (χ4v) is 2.28. The Bertz CT molecular complexity index is 774. The number of H-pyrrole nitrogens is 1. The maximum absolute atomic E-state index is 10.8. The van der Waals surface area contributed by atoms with Crippen molar-refractivity contribution in [3.8, 4) is 16.9 Å². The van der Waals surface area contributed by atoms with Gasteiger partial charge in [-0.05, 0) is 30.7 Å². The van der Waals surface area contributed by atoms with Gasteiger partial charge in [0.1, 0.15) is 5.75 Å². The van der Waals surface area contributed by atoms with Crippen LogP contribution in [0.1, 0.15) is 6.92 Å². The van der Waals surface area contributed by atoms with Crippen molar-refractivity contribution >= 4 is 16.9 Å². The Labute approximate surface area is 122 Å². The van der Waals surface area contributed by atoms with Crippen molar-refractivity contribution in [1.82, 2.24) is 4.98 Å². The molecule has 3 aromatic rings. The number of aromatic amines is 1. The Kier molecular flexibility index (Phi) is 3.36. The molecule has 4 nitrogen and oxygen atoms in total. The van der Waals surface area contributed by atoms with E-state index in [0.29, 0.717) is 5.75 Å². The molecular formula is C17H15NO3. The van der Waals surface area contributed by atoms with Crippen molar-refractivity contribution in [2.45, 2.75) is 13.0 Å². The van der Waals surface area contributed by atoms with Gasteiger partial charge in [0.2, 0.25) is 0 Å². The highest BCUT2D eigenvalue weighted by atomic mass is 16.5. The molecule has 0 bridgehead atoms. The molecule has 0 saturated heterocycles. The number of carboxylic acids is 1. The molecule has 21 heavy (non-hydrogen) atoms. The molecule has 0 saturated carbocycles. The smallest absolute Gasteiger partial charge is 0.344 e. The fourth-order valence-electron chi connectivity index (χ4n) is 2.28. The van der Waals surface area contributed by atoms with E-state index in [9.17, 15) is 4.79 Å². The van der Waals surface area contributed by atoms with Crippen LogP contribution in [0.5, 0.6) is 5.75 Å². The Morgan fingerprint density at radius 3 is 2.57 bits per heavy atom. The van der Waals surface area contributed by atoms with Gasteiger partial charge in [0.05, 0.1) is 0 Å². The lowest BCUT2D eigenvalue weighted by Gasteiger charge is -2.10. The number of benzene rings is 2. The summed E-state index contributed by atoms with van der Waals surface area (Å²) in [5, 5.41) is 9.99. The van der Waals surface area contributed by atoms with Crippen molar-refractivity contribution < 1.29 is 14.6 Å². The lowest BCUT2D eigenvalue weighted by Crippen LogP contribution is -2.22. The summed E-state index contributed by atoms with van der Waals surface area (Å²) in [5.41, 5.74) is 3.26.